The average molecular weight is 937 g/mol. The van der Waals surface area contributed by atoms with Gasteiger partial charge in [0.05, 0.1) is 0 Å². The van der Waals surface area contributed by atoms with Crippen molar-refractivity contribution >= 4 is 135 Å². The molecule has 275 valence electrons. The number of fused-ring (bicyclic) bond motifs is 20. The van der Waals surface area contributed by atoms with Crippen LogP contribution < -0.4 is 0 Å². The van der Waals surface area contributed by atoms with Crippen LogP contribution in [0.5, 0.6) is 0 Å². The molecule has 2 aliphatic rings. The quantitative estimate of drug-likeness (QED) is 0.136. The van der Waals surface area contributed by atoms with E-state index in [1.165, 1.54) is 6.07 Å². The van der Waals surface area contributed by atoms with Gasteiger partial charge in [-0.2, -0.15) is 8.42 Å². The van der Waals surface area contributed by atoms with Crippen LogP contribution in [0.3, 0.4) is 0 Å². The first-order chi connectivity index (χ1) is 24.2. The van der Waals surface area contributed by atoms with E-state index in [-0.39, 0.29) is 15.9 Å². The van der Waals surface area contributed by atoms with Crippen LogP contribution in [0, 0.1) is 0 Å². The molecule has 8 bridgehead atoms. The van der Waals surface area contributed by atoms with E-state index in [0.717, 1.165) is 33.0 Å². The Morgan fingerprint density at radius 2 is 0.774 bits per heavy atom. The molecule has 7 aromatic rings. The van der Waals surface area contributed by atoms with Gasteiger partial charge < -0.3 is 9.97 Å². The van der Waals surface area contributed by atoms with E-state index in [2.05, 4.69) is 9.97 Å². The molecule has 53 heavy (non-hydrogen) atoms. The van der Waals surface area contributed by atoms with E-state index in [9.17, 15) is 13.0 Å². The number of rotatable bonds is 1. The van der Waals surface area contributed by atoms with Gasteiger partial charge in [-0.1, -0.05) is 84.9 Å². The first kappa shape index (κ1) is 36.9. The topological polar surface area (TPSA) is 163 Å². The summed E-state index contributed by atoms with van der Waals surface area (Å²) in [6.45, 7) is 0. The molecule has 4 aromatic carbocycles. The van der Waals surface area contributed by atoms with E-state index in [1.54, 1.807) is 12.1 Å². The van der Waals surface area contributed by atoms with Crippen molar-refractivity contribution in [2.45, 2.75) is 4.90 Å². The number of aromatic amines is 2. The molecule has 0 amide bonds. The molecule has 3 N–H and O–H groups in total. The van der Waals surface area contributed by atoms with Crippen LogP contribution in [0.25, 0.3) is 89.7 Å². The maximum absolute atomic E-state index is 12.5. The van der Waals surface area contributed by atoms with E-state index in [0.29, 0.717) is 45.6 Å². The predicted molar refractivity (Wildman–Crippen MR) is 213 cm³/mol. The van der Waals surface area contributed by atoms with Gasteiger partial charge in [-0.3, -0.25) is 4.55 Å². The van der Waals surface area contributed by atoms with Crippen molar-refractivity contribution in [3.63, 3.8) is 0 Å². The number of nitrogens with zero attached hydrogens (tertiary/aromatic N) is 6. The second-order valence-electron chi connectivity index (χ2n) is 11.7. The summed E-state index contributed by atoms with van der Waals surface area (Å²) in [6.07, 6.45) is 0. The number of hydrogen-bond donors (Lipinski definition) is 3. The van der Waals surface area contributed by atoms with Gasteiger partial charge in [0.2, 0.25) is 0 Å². The van der Waals surface area contributed by atoms with Crippen LogP contribution in [0.1, 0.15) is 0 Å². The molecule has 0 atom stereocenters. The SMILES string of the molecule is O=S(=O)(O)c1cccc2c3nc4nc(nc5[nH]c(nc6nc(nc([nH]3)c12)-c1ccccc1-6)c1ccccc51)-c1ccccc1-4.[Cl][Co]([Cl])([Cl])([Cl])([Cl])([Cl])([Cl])[Cl]. The standard InChI is InChI=1S/C32H18N8O3S.8ClH.Co/c41-44(42,43)23-15-7-14-22-24(23)32-39-30-21-13-6-5-12-20(21)28(37-30)35-26-17-9-2-1-8-16(17)25(33-26)34-27-18-10-3-4-11-19(18)29(36-27)38-31(22)40-32;;;;;;;;;/h1-15H,(H,41,42,43)(H2,33,34,35,36,37,38,39,40);8*1H;/q;;;;;;;;;+8/p-8. The van der Waals surface area contributed by atoms with E-state index < -0.39 is 11.4 Å². The van der Waals surface area contributed by atoms with Crippen molar-refractivity contribution in [3.8, 4) is 45.6 Å². The molecular weight excluding hydrogens is 919 g/mol. The molecule has 0 aliphatic carbocycles. The molecule has 0 spiro atoms. The molecule has 11 nitrogen and oxygen atoms in total. The summed E-state index contributed by atoms with van der Waals surface area (Å²) in [7, 11) is 35.7. The Morgan fingerprint density at radius 3 is 1.17 bits per heavy atom. The predicted octanol–water partition coefficient (Wildman–Crippen LogP) is 11.6. The van der Waals surface area contributed by atoms with Crippen LogP contribution >= 0.6 is 81.2 Å². The Morgan fingerprint density at radius 1 is 0.453 bits per heavy atom. The molecule has 5 heterocycles. The molecule has 0 radical (unpaired) electrons. The zero-order valence-corrected chi connectivity index (χ0v) is 33.8. The summed E-state index contributed by atoms with van der Waals surface area (Å²) >= 11 is 0. The van der Waals surface area contributed by atoms with Crippen LogP contribution in [0.15, 0.2) is 95.9 Å². The van der Waals surface area contributed by atoms with Gasteiger partial charge >= 0.3 is 82.4 Å². The van der Waals surface area contributed by atoms with Gasteiger partial charge in [-0.25, -0.2) is 29.9 Å². The zero-order chi connectivity index (χ0) is 37.9. The van der Waals surface area contributed by atoms with Crippen LogP contribution in [-0.2, 0) is 11.4 Å². The van der Waals surface area contributed by atoms with Crippen LogP contribution in [0.2, 0.25) is 0 Å². The second-order valence-corrected chi connectivity index (χ2v) is 61.3. The fourth-order valence-electron chi connectivity index (χ4n) is 5.87. The Kier molecular flexibility index (Phi) is 7.13. The van der Waals surface area contributed by atoms with Crippen LogP contribution in [0.4, 0.5) is 0 Å². The molecule has 0 saturated carbocycles. The Bertz CT molecular complexity index is 3070. The van der Waals surface area contributed by atoms with Gasteiger partial charge in [0.1, 0.15) is 27.5 Å². The third-order valence-electron chi connectivity index (χ3n) is 7.82. The molecule has 0 unspecified atom stereocenters. The number of benzene rings is 4. The first-order valence-corrected chi connectivity index (χ1v) is 27.5. The van der Waals surface area contributed by atoms with E-state index in [4.69, 9.17) is 111 Å². The summed E-state index contributed by atoms with van der Waals surface area (Å²) in [5.74, 6) is 1.60. The number of hydrogen-bond acceptors (Lipinski definition) is 8. The van der Waals surface area contributed by atoms with Crippen molar-refractivity contribution < 1.29 is 14.2 Å². The molecule has 9 rings (SSSR count). The fourth-order valence-corrected chi connectivity index (χ4v) is 6.59. The summed E-state index contributed by atoms with van der Waals surface area (Å²) in [4.78, 5) is 35.4. The third-order valence-corrected chi connectivity index (χ3v) is 8.72. The average Bonchev–Trinajstić information content (AvgIpc) is 3.78. The molecular formula is C32H18Cl8CoN8O3S. The summed E-state index contributed by atoms with van der Waals surface area (Å²) in [5, 5.41) is 2.36. The molecule has 0 saturated heterocycles. The Labute approximate surface area is 328 Å². The van der Waals surface area contributed by atoms with Crippen molar-refractivity contribution in [3.05, 3.63) is 91.0 Å². The van der Waals surface area contributed by atoms with Crippen molar-refractivity contribution in [2.24, 2.45) is 0 Å². The summed E-state index contributed by atoms with van der Waals surface area (Å²) < 4.78 is 28.2. The monoisotopic (exact) mass is 933 g/mol. The number of halogens is 8. The maximum atomic E-state index is 12.5. The van der Waals surface area contributed by atoms with Crippen molar-refractivity contribution in [1.29, 1.82) is 0 Å². The number of nitrogens with one attached hydrogen (secondary N) is 2. The van der Waals surface area contributed by atoms with Gasteiger partial charge in [0.15, 0.2) is 23.3 Å². The van der Waals surface area contributed by atoms with E-state index in [1.807, 2.05) is 72.8 Å². The summed E-state index contributed by atoms with van der Waals surface area (Å²) in [6, 6.07) is 27.6. The van der Waals surface area contributed by atoms with Crippen LogP contribution in [-0.4, -0.2) is 52.8 Å². The zero-order valence-electron chi connectivity index (χ0n) is 25.9. The minimum atomic E-state index is -7.00. The molecule has 21 heteroatoms. The van der Waals surface area contributed by atoms with Gasteiger partial charge in [0, 0.05) is 43.8 Å². The number of H-pyrrole nitrogens is 2. The van der Waals surface area contributed by atoms with E-state index >= 15 is 0 Å². The molecule has 0 fully saturated rings. The van der Waals surface area contributed by atoms with Gasteiger partial charge in [0.25, 0.3) is 10.1 Å². The molecule has 2 aliphatic heterocycles. The summed E-state index contributed by atoms with van der Waals surface area (Å²) in [5.41, 5.74) is 4.68. The third kappa shape index (κ3) is 8.32. The Balaban J connectivity index is 0.000000397. The van der Waals surface area contributed by atoms with Crippen molar-refractivity contribution in [2.75, 3.05) is 0 Å². The van der Waals surface area contributed by atoms with Gasteiger partial charge in [-0.15, -0.1) is 0 Å². The molecule has 3 aromatic heterocycles. The number of aromatic nitrogens is 8. The van der Waals surface area contributed by atoms with Gasteiger partial charge in [-0.05, 0) is 6.07 Å². The minimum absolute atomic E-state index is 0.169. The fraction of sp³-hybridized carbons (Fsp3) is 0. The first-order valence-electron chi connectivity index (χ1n) is 14.6. The normalized spacial score (nSPS) is 15.6. The van der Waals surface area contributed by atoms with Crippen molar-refractivity contribution in [1.82, 2.24) is 39.9 Å². The second kappa shape index (κ2) is 10.2. The Hall–Kier alpha value is -3.02.